The van der Waals surface area contributed by atoms with Gasteiger partial charge in [-0.2, -0.15) is 0 Å². The van der Waals surface area contributed by atoms with E-state index in [0.717, 1.165) is 16.7 Å². The summed E-state index contributed by atoms with van der Waals surface area (Å²) in [5.74, 6) is -1.59. The van der Waals surface area contributed by atoms with Gasteiger partial charge in [0.2, 0.25) is 0 Å². The second-order valence-electron chi connectivity index (χ2n) is 6.34. The normalized spacial score (nSPS) is 11.4. The van der Waals surface area contributed by atoms with Gasteiger partial charge in [-0.15, -0.1) is 0 Å². The standard InChI is InChI=1S/C21H23ClN2O5/c1-2-29-20(27)12-18(24-21(28)23-13-19(25)26)10-14-6-8-15(9-7-14)16-4-3-5-17(22)11-16/h3-9,11,18H,2,10,12-13H2,1H3,(H,25,26)(H2,23,24,28)/t18-/m1/s1. The zero-order chi connectivity index (χ0) is 21.2. The average molecular weight is 419 g/mol. The number of hydrogen-bond acceptors (Lipinski definition) is 4. The third-order valence-corrected chi connectivity index (χ3v) is 4.28. The van der Waals surface area contributed by atoms with E-state index in [0.29, 0.717) is 11.4 Å². The van der Waals surface area contributed by atoms with Crippen molar-refractivity contribution in [2.24, 2.45) is 0 Å². The summed E-state index contributed by atoms with van der Waals surface area (Å²) in [6, 6.07) is 14.0. The van der Waals surface area contributed by atoms with Crippen LogP contribution in [0.15, 0.2) is 48.5 Å². The molecule has 0 aliphatic heterocycles. The molecule has 2 aromatic carbocycles. The molecule has 29 heavy (non-hydrogen) atoms. The van der Waals surface area contributed by atoms with Gasteiger partial charge < -0.3 is 20.5 Å². The number of benzene rings is 2. The van der Waals surface area contributed by atoms with Crippen molar-refractivity contribution in [2.45, 2.75) is 25.8 Å². The van der Waals surface area contributed by atoms with Crippen molar-refractivity contribution in [1.29, 1.82) is 0 Å². The van der Waals surface area contributed by atoms with Crippen molar-refractivity contribution in [3.63, 3.8) is 0 Å². The van der Waals surface area contributed by atoms with Gasteiger partial charge in [0.25, 0.3) is 0 Å². The lowest BCUT2D eigenvalue weighted by molar-refractivity contribution is -0.143. The molecule has 0 spiro atoms. The van der Waals surface area contributed by atoms with E-state index in [1.165, 1.54) is 0 Å². The highest BCUT2D eigenvalue weighted by Crippen LogP contribution is 2.23. The number of carbonyl (C=O) groups excluding carboxylic acids is 2. The van der Waals surface area contributed by atoms with E-state index in [1.807, 2.05) is 42.5 Å². The highest BCUT2D eigenvalue weighted by molar-refractivity contribution is 6.30. The molecule has 0 fully saturated rings. The minimum Gasteiger partial charge on any atom is -0.480 e. The first-order valence-electron chi connectivity index (χ1n) is 9.14. The summed E-state index contributed by atoms with van der Waals surface area (Å²) < 4.78 is 4.96. The van der Waals surface area contributed by atoms with Gasteiger partial charge in [-0.05, 0) is 42.2 Å². The molecule has 8 heteroatoms. The van der Waals surface area contributed by atoms with Gasteiger partial charge in [-0.25, -0.2) is 4.79 Å². The highest BCUT2D eigenvalue weighted by atomic mass is 35.5. The van der Waals surface area contributed by atoms with E-state index in [4.69, 9.17) is 21.4 Å². The monoisotopic (exact) mass is 418 g/mol. The first kappa shape index (κ1) is 22.2. The number of nitrogens with one attached hydrogen (secondary N) is 2. The number of ether oxygens (including phenoxy) is 1. The van der Waals surface area contributed by atoms with Crippen LogP contribution in [-0.4, -0.2) is 42.3 Å². The second kappa shape index (κ2) is 11.1. The van der Waals surface area contributed by atoms with Crippen molar-refractivity contribution in [3.8, 4) is 11.1 Å². The molecule has 3 N–H and O–H groups in total. The highest BCUT2D eigenvalue weighted by Gasteiger charge is 2.18. The van der Waals surface area contributed by atoms with Gasteiger partial charge in [0.1, 0.15) is 6.54 Å². The van der Waals surface area contributed by atoms with Gasteiger partial charge >= 0.3 is 18.0 Å². The summed E-state index contributed by atoms with van der Waals surface area (Å²) >= 11 is 6.04. The summed E-state index contributed by atoms with van der Waals surface area (Å²) in [5, 5.41) is 14.2. The lowest BCUT2D eigenvalue weighted by Gasteiger charge is -2.18. The van der Waals surface area contributed by atoms with Crippen LogP contribution in [-0.2, 0) is 20.7 Å². The topological polar surface area (TPSA) is 105 Å². The number of rotatable bonds is 9. The van der Waals surface area contributed by atoms with E-state index in [-0.39, 0.29) is 13.0 Å². The van der Waals surface area contributed by atoms with Crippen LogP contribution in [0.3, 0.4) is 0 Å². The Hall–Kier alpha value is -3.06. The van der Waals surface area contributed by atoms with Crippen LogP contribution in [0.25, 0.3) is 11.1 Å². The molecule has 0 heterocycles. The van der Waals surface area contributed by atoms with Crippen LogP contribution in [0.5, 0.6) is 0 Å². The molecule has 0 aliphatic carbocycles. The minimum absolute atomic E-state index is 0.0234. The second-order valence-corrected chi connectivity index (χ2v) is 6.77. The summed E-state index contributed by atoms with van der Waals surface area (Å²) in [6.07, 6.45) is 0.361. The van der Waals surface area contributed by atoms with E-state index in [2.05, 4.69) is 10.6 Å². The smallest absolute Gasteiger partial charge is 0.323 e. The molecule has 0 saturated carbocycles. The number of urea groups is 1. The van der Waals surface area contributed by atoms with E-state index >= 15 is 0 Å². The van der Waals surface area contributed by atoms with E-state index in [9.17, 15) is 14.4 Å². The Morgan fingerprint density at radius 1 is 1.10 bits per heavy atom. The van der Waals surface area contributed by atoms with Crippen molar-refractivity contribution < 1.29 is 24.2 Å². The summed E-state index contributed by atoms with van der Waals surface area (Å²) in [4.78, 5) is 34.4. The van der Waals surface area contributed by atoms with E-state index in [1.54, 1.807) is 13.0 Å². The van der Waals surface area contributed by atoms with Crippen LogP contribution in [0.1, 0.15) is 18.9 Å². The van der Waals surface area contributed by atoms with Crippen molar-refractivity contribution in [3.05, 3.63) is 59.1 Å². The quantitative estimate of drug-likeness (QED) is 0.542. The SMILES string of the molecule is CCOC(=O)C[C@@H](Cc1ccc(-c2cccc(Cl)c2)cc1)NC(=O)NCC(=O)O. The average Bonchev–Trinajstić information content (AvgIpc) is 2.67. The predicted molar refractivity (Wildman–Crippen MR) is 110 cm³/mol. The van der Waals surface area contributed by atoms with Crippen LogP contribution in [0, 0.1) is 0 Å². The number of carbonyl (C=O) groups is 3. The molecule has 2 amide bonds. The fourth-order valence-electron chi connectivity index (χ4n) is 2.77. The van der Waals surface area contributed by atoms with Crippen molar-refractivity contribution in [1.82, 2.24) is 10.6 Å². The van der Waals surface area contributed by atoms with Gasteiger partial charge in [-0.1, -0.05) is 48.0 Å². The molecule has 0 unspecified atom stereocenters. The number of carboxylic acids is 1. The van der Waals surface area contributed by atoms with Gasteiger partial charge in [0, 0.05) is 11.1 Å². The number of amides is 2. The molecule has 2 aromatic rings. The number of carboxylic acid groups (broad SMARTS) is 1. The Bertz CT molecular complexity index is 854. The van der Waals surface area contributed by atoms with Crippen LogP contribution >= 0.6 is 11.6 Å². The third-order valence-electron chi connectivity index (χ3n) is 4.05. The molecule has 0 aromatic heterocycles. The molecule has 0 bridgehead atoms. The zero-order valence-corrected chi connectivity index (χ0v) is 16.7. The number of halogens is 1. The molecule has 1 atom stereocenters. The van der Waals surface area contributed by atoms with Crippen LogP contribution in [0.4, 0.5) is 4.79 Å². The van der Waals surface area contributed by atoms with Crippen LogP contribution in [0.2, 0.25) is 5.02 Å². The lowest BCUT2D eigenvalue weighted by Crippen LogP contribution is -2.45. The maximum absolute atomic E-state index is 11.9. The molecular formula is C21H23ClN2O5. The molecule has 0 saturated heterocycles. The minimum atomic E-state index is -1.15. The van der Waals surface area contributed by atoms with Gasteiger partial charge in [0.15, 0.2) is 0 Å². The van der Waals surface area contributed by atoms with Gasteiger partial charge in [-0.3, -0.25) is 9.59 Å². The molecule has 7 nitrogen and oxygen atoms in total. The molecule has 154 valence electrons. The Morgan fingerprint density at radius 2 is 1.83 bits per heavy atom. The van der Waals surface area contributed by atoms with Crippen molar-refractivity contribution >= 4 is 29.6 Å². The Labute approximate surface area is 174 Å². The van der Waals surface area contributed by atoms with Crippen LogP contribution < -0.4 is 10.6 Å². The lowest BCUT2D eigenvalue weighted by atomic mass is 9.99. The maximum atomic E-state index is 11.9. The molecule has 0 aliphatic rings. The number of esters is 1. The summed E-state index contributed by atoms with van der Waals surface area (Å²) in [6.45, 7) is 1.44. The molecule has 0 radical (unpaired) electrons. The van der Waals surface area contributed by atoms with E-state index < -0.39 is 30.6 Å². The van der Waals surface area contributed by atoms with Gasteiger partial charge in [0.05, 0.1) is 13.0 Å². The first-order chi connectivity index (χ1) is 13.9. The predicted octanol–water partition coefficient (Wildman–Crippen LogP) is 3.26. The molecular weight excluding hydrogens is 396 g/mol. The fraction of sp³-hybridized carbons (Fsp3) is 0.286. The Morgan fingerprint density at radius 3 is 2.45 bits per heavy atom. The van der Waals surface area contributed by atoms with Crippen molar-refractivity contribution in [2.75, 3.05) is 13.2 Å². The number of hydrogen-bond donors (Lipinski definition) is 3. The summed E-state index contributed by atoms with van der Waals surface area (Å²) in [5.41, 5.74) is 2.88. The Balaban J connectivity index is 2.07. The Kier molecular flexibility index (Phi) is 8.48. The number of aliphatic carboxylic acids is 1. The summed E-state index contributed by atoms with van der Waals surface area (Å²) in [7, 11) is 0. The largest absolute Gasteiger partial charge is 0.480 e. The zero-order valence-electron chi connectivity index (χ0n) is 16.0. The first-order valence-corrected chi connectivity index (χ1v) is 9.51. The fourth-order valence-corrected chi connectivity index (χ4v) is 2.96. The third kappa shape index (κ3) is 7.83. The maximum Gasteiger partial charge on any atom is 0.323 e. The molecule has 2 rings (SSSR count).